The summed E-state index contributed by atoms with van der Waals surface area (Å²) in [6, 6.07) is 0. The summed E-state index contributed by atoms with van der Waals surface area (Å²) in [6.45, 7) is 10.2. The van der Waals surface area contributed by atoms with E-state index in [4.69, 9.17) is 9.47 Å². The maximum Gasteiger partial charge on any atom is 0.0519 e. The Kier molecular flexibility index (Phi) is 3.45. The van der Waals surface area contributed by atoms with Crippen molar-refractivity contribution >= 4 is 0 Å². The van der Waals surface area contributed by atoms with Gasteiger partial charge in [0.15, 0.2) is 0 Å². The quantitative estimate of drug-likeness (QED) is 0.672. The van der Waals surface area contributed by atoms with Crippen molar-refractivity contribution in [2.45, 2.75) is 19.8 Å². The first kappa shape index (κ1) is 10.4. The Morgan fingerprint density at radius 1 is 1.14 bits per heavy atom. The van der Waals surface area contributed by atoms with Crippen LogP contribution in [0.3, 0.4) is 0 Å². The predicted octanol–water partition coefficient (Wildman–Crippen LogP) is 2.15. The maximum atomic E-state index is 5.31. The van der Waals surface area contributed by atoms with Gasteiger partial charge in [-0.05, 0) is 11.8 Å². The molecule has 0 aromatic carbocycles. The lowest BCUT2D eigenvalue weighted by Crippen LogP contribution is -2.47. The second-order valence-corrected chi connectivity index (χ2v) is 4.63. The molecule has 2 aliphatic rings. The molecule has 0 bridgehead atoms. The molecule has 14 heavy (non-hydrogen) atoms. The Balaban J connectivity index is 1.95. The standard InChI is InChI=1S/C12H21O2/c1-3-9(4-2)12(10-5-13-6-10)11-7-14-8-11/h9-12H,1,3-8H2,2H3. The van der Waals surface area contributed by atoms with Gasteiger partial charge in [0, 0.05) is 11.8 Å². The molecule has 0 spiro atoms. The normalized spacial score (nSPS) is 24.0. The van der Waals surface area contributed by atoms with Gasteiger partial charge in [0.1, 0.15) is 0 Å². The van der Waals surface area contributed by atoms with E-state index in [1.807, 2.05) is 0 Å². The Morgan fingerprint density at radius 2 is 1.64 bits per heavy atom. The summed E-state index contributed by atoms with van der Waals surface area (Å²) in [4.78, 5) is 0. The molecule has 2 aliphatic heterocycles. The molecule has 2 rings (SSSR count). The van der Waals surface area contributed by atoms with Crippen molar-refractivity contribution in [1.82, 2.24) is 0 Å². The molecule has 1 unspecified atom stereocenters. The van der Waals surface area contributed by atoms with E-state index in [1.54, 1.807) is 0 Å². The summed E-state index contributed by atoms with van der Waals surface area (Å²) >= 11 is 0. The average molecular weight is 197 g/mol. The van der Waals surface area contributed by atoms with Crippen molar-refractivity contribution in [3.8, 4) is 0 Å². The summed E-state index contributed by atoms with van der Waals surface area (Å²) in [7, 11) is 0. The third kappa shape index (κ3) is 1.82. The number of ether oxygens (including phenoxy) is 2. The lowest BCUT2D eigenvalue weighted by atomic mass is 9.70. The minimum atomic E-state index is 0.776. The van der Waals surface area contributed by atoms with Crippen LogP contribution in [0.4, 0.5) is 0 Å². The first-order chi connectivity index (χ1) is 6.86. The van der Waals surface area contributed by atoms with Crippen molar-refractivity contribution in [3.05, 3.63) is 6.92 Å². The van der Waals surface area contributed by atoms with E-state index in [9.17, 15) is 0 Å². The van der Waals surface area contributed by atoms with Crippen molar-refractivity contribution in [2.24, 2.45) is 23.7 Å². The molecular formula is C12H21O2. The van der Waals surface area contributed by atoms with Crippen molar-refractivity contribution in [2.75, 3.05) is 26.4 Å². The smallest absolute Gasteiger partial charge is 0.0519 e. The third-order valence-electron chi connectivity index (χ3n) is 3.86. The van der Waals surface area contributed by atoms with Gasteiger partial charge in [-0.2, -0.15) is 0 Å². The zero-order valence-electron chi connectivity index (χ0n) is 9.08. The lowest BCUT2D eigenvalue weighted by molar-refractivity contribution is -0.143. The molecule has 2 heteroatoms. The molecule has 1 radical (unpaired) electrons. The minimum absolute atomic E-state index is 0.776. The van der Waals surface area contributed by atoms with Crippen molar-refractivity contribution < 1.29 is 9.47 Å². The van der Waals surface area contributed by atoms with Crippen molar-refractivity contribution in [1.29, 1.82) is 0 Å². The summed E-state index contributed by atoms with van der Waals surface area (Å²) in [5.41, 5.74) is 0. The van der Waals surface area contributed by atoms with Gasteiger partial charge in [0.05, 0.1) is 26.4 Å². The Morgan fingerprint density at radius 3 is 1.86 bits per heavy atom. The summed E-state index contributed by atoms with van der Waals surface area (Å²) in [6.07, 6.45) is 2.31. The Hall–Kier alpha value is -0.0800. The second kappa shape index (κ2) is 4.63. The van der Waals surface area contributed by atoms with Crippen LogP contribution in [0.25, 0.3) is 0 Å². The molecule has 0 aromatic rings. The van der Waals surface area contributed by atoms with Crippen LogP contribution in [0.2, 0.25) is 0 Å². The SMILES string of the molecule is [CH2]CC(CC)C(C1COC1)C1COC1. The van der Waals surface area contributed by atoms with Crippen LogP contribution in [-0.4, -0.2) is 26.4 Å². The molecule has 81 valence electrons. The van der Waals surface area contributed by atoms with Crippen LogP contribution >= 0.6 is 0 Å². The van der Waals surface area contributed by atoms with Crippen LogP contribution in [0.1, 0.15) is 19.8 Å². The fourth-order valence-corrected chi connectivity index (χ4v) is 2.78. The highest BCUT2D eigenvalue weighted by atomic mass is 16.5. The van der Waals surface area contributed by atoms with Gasteiger partial charge in [-0.15, -0.1) is 0 Å². The average Bonchev–Trinajstić information content (AvgIpc) is 2.00. The fraction of sp³-hybridized carbons (Fsp3) is 0.917. The lowest BCUT2D eigenvalue weighted by Gasteiger charge is -2.45. The van der Waals surface area contributed by atoms with Gasteiger partial charge in [-0.1, -0.05) is 26.7 Å². The van der Waals surface area contributed by atoms with E-state index in [2.05, 4.69) is 13.8 Å². The van der Waals surface area contributed by atoms with E-state index in [1.165, 1.54) is 6.42 Å². The minimum Gasteiger partial charge on any atom is -0.381 e. The number of hydrogen-bond acceptors (Lipinski definition) is 2. The van der Waals surface area contributed by atoms with Crippen LogP contribution in [0.5, 0.6) is 0 Å². The molecule has 1 atom stereocenters. The zero-order chi connectivity index (χ0) is 9.97. The molecule has 2 nitrogen and oxygen atoms in total. The third-order valence-corrected chi connectivity index (χ3v) is 3.86. The molecule has 2 saturated heterocycles. The van der Waals surface area contributed by atoms with Crippen molar-refractivity contribution in [3.63, 3.8) is 0 Å². The molecule has 0 aromatic heterocycles. The first-order valence-electron chi connectivity index (χ1n) is 5.81. The number of hydrogen-bond donors (Lipinski definition) is 0. The highest BCUT2D eigenvalue weighted by Crippen LogP contribution is 2.39. The molecule has 0 amide bonds. The van der Waals surface area contributed by atoms with E-state index in [0.29, 0.717) is 0 Å². The number of rotatable bonds is 5. The summed E-state index contributed by atoms with van der Waals surface area (Å²) in [5.74, 6) is 3.16. The van der Waals surface area contributed by atoms with E-state index in [-0.39, 0.29) is 0 Å². The van der Waals surface area contributed by atoms with Crippen LogP contribution < -0.4 is 0 Å². The van der Waals surface area contributed by atoms with Crippen LogP contribution in [0, 0.1) is 30.6 Å². The monoisotopic (exact) mass is 197 g/mol. The van der Waals surface area contributed by atoms with E-state index >= 15 is 0 Å². The molecule has 0 N–H and O–H groups in total. The first-order valence-corrected chi connectivity index (χ1v) is 5.81. The van der Waals surface area contributed by atoms with Gasteiger partial charge in [-0.3, -0.25) is 0 Å². The highest BCUT2D eigenvalue weighted by molar-refractivity contribution is 4.88. The fourth-order valence-electron chi connectivity index (χ4n) is 2.78. The molecular weight excluding hydrogens is 176 g/mol. The van der Waals surface area contributed by atoms with Gasteiger partial charge >= 0.3 is 0 Å². The zero-order valence-corrected chi connectivity index (χ0v) is 9.08. The molecule has 2 heterocycles. The maximum absolute atomic E-state index is 5.31. The largest absolute Gasteiger partial charge is 0.381 e. The Bertz CT molecular complexity index is 155. The highest BCUT2D eigenvalue weighted by Gasteiger charge is 2.40. The van der Waals surface area contributed by atoms with Gasteiger partial charge in [0.25, 0.3) is 0 Å². The van der Waals surface area contributed by atoms with Gasteiger partial charge in [0.2, 0.25) is 0 Å². The summed E-state index contributed by atoms with van der Waals surface area (Å²) < 4.78 is 10.6. The van der Waals surface area contributed by atoms with E-state index in [0.717, 1.165) is 56.5 Å². The Labute approximate surface area is 87.0 Å². The topological polar surface area (TPSA) is 18.5 Å². The summed E-state index contributed by atoms with van der Waals surface area (Å²) in [5, 5.41) is 0. The molecule has 0 aliphatic carbocycles. The second-order valence-electron chi connectivity index (χ2n) is 4.63. The predicted molar refractivity (Wildman–Crippen MR) is 55.9 cm³/mol. The van der Waals surface area contributed by atoms with Crippen LogP contribution in [0.15, 0.2) is 0 Å². The van der Waals surface area contributed by atoms with Gasteiger partial charge < -0.3 is 9.47 Å². The van der Waals surface area contributed by atoms with E-state index < -0.39 is 0 Å². The van der Waals surface area contributed by atoms with Crippen LogP contribution in [-0.2, 0) is 9.47 Å². The van der Waals surface area contributed by atoms with Gasteiger partial charge in [-0.25, -0.2) is 0 Å². The molecule has 0 saturated carbocycles. The molecule has 2 fully saturated rings.